The smallest absolute Gasteiger partial charge is 0.248 e. The summed E-state index contributed by atoms with van der Waals surface area (Å²) in [6, 6.07) is 2.89. The highest BCUT2D eigenvalue weighted by Gasteiger charge is 2.27. The van der Waals surface area contributed by atoms with Crippen LogP contribution < -0.4 is 10.5 Å². The van der Waals surface area contributed by atoms with E-state index in [0.29, 0.717) is 42.4 Å². The van der Waals surface area contributed by atoms with E-state index in [1.165, 1.54) is 11.4 Å². The zero-order chi connectivity index (χ0) is 26.3. The summed E-state index contributed by atoms with van der Waals surface area (Å²) in [7, 11) is 1.06. The molecule has 0 bridgehead atoms. The van der Waals surface area contributed by atoms with E-state index in [2.05, 4.69) is 0 Å². The number of methoxy groups -OCH3 is 1. The highest BCUT2D eigenvalue weighted by Crippen LogP contribution is 2.27. The van der Waals surface area contributed by atoms with Gasteiger partial charge in [0, 0.05) is 40.3 Å². The second kappa shape index (κ2) is 12.7. The van der Waals surface area contributed by atoms with Crippen molar-refractivity contribution in [3.05, 3.63) is 23.3 Å². The predicted molar refractivity (Wildman–Crippen MR) is 134 cm³/mol. The van der Waals surface area contributed by atoms with Crippen molar-refractivity contribution in [1.29, 1.82) is 0 Å². The number of rotatable bonds is 11. The van der Waals surface area contributed by atoms with Crippen molar-refractivity contribution in [3.8, 4) is 5.75 Å². The van der Waals surface area contributed by atoms with Gasteiger partial charge in [-0.1, -0.05) is 0 Å². The van der Waals surface area contributed by atoms with Crippen molar-refractivity contribution in [2.75, 3.05) is 60.6 Å². The van der Waals surface area contributed by atoms with Crippen molar-refractivity contribution in [3.63, 3.8) is 0 Å². The number of piperidine rings is 1. The summed E-state index contributed by atoms with van der Waals surface area (Å²) < 4.78 is 38.1. The van der Waals surface area contributed by atoms with E-state index in [4.69, 9.17) is 15.2 Å². The summed E-state index contributed by atoms with van der Waals surface area (Å²) in [5.41, 5.74) is 6.90. The number of nitrogens with two attached hydrogens (primary N) is 1. The quantitative estimate of drug-likeness (QED) is 0.439. The molecule has 11 heteroatoms. The Morgan fingerprint density at radius 2 is 1.74 bits per heavy atom. The molecule has 35 heavy (non-hydrogen) atoms. The summed E-state index contributed by atoms with van der Waals surface area (Å²) in [5.74, 6) is 0.724. The monoisotopic (exact) mass is 512 g/mol. The maximum absolute atomic E-state index is 13.1. The summed E-state index contributed by atoms with van der Waals surface area (Å²) in [6.07, 6.45) is 1.65. The lowest BCUT2D eigenvalue weighted by Crippen LogP contribution is -2.47. The third-order valence-electron chi connectivity index (χ3n) is 6.39. The molecule has 1 unspecified atom stereocenters. The Hall–Kier alpha value is -2.21. The number of ether oxygens (including phenoxy) is 2. The van der Waals surface area contributed by atoms with E-state index >= 15 is 0 Å². The first-order chi connectivity index (χ1) is 16.4. The van der Waals surface area contributed by atoms with Gasteiger partial charge in [-0.05, 0) is 62.8 Å². The standard InChI is InChI=1S/C24H40N4O6S/c1-17-13-21(33-6)14-18(2)23(17)35(31,32)27(5)11-12-34-16-22(29)26(4)15-20-7-9-28(10-8-20)24(30)19(3)25/h13-14,19-20H,7-12,15-16,25H2,1-6H3. The molecule has 1 heterocycles. The molecule has 2 amide bonds. The van der Waals surface area contributed by atoms with Crippen LogP contribution in [0.1, 0.15) is 30.9 Å². The number of likely N-dealkylation sites (tertiary alicyclic amines) is 1. The van der Waals surface area contributed by atoms with Gasteiger partial charge in [0.2, 0.25) is 21.8 Å². The molecule has 1 aromatic carbocycles. The number of hydrogen-bond acceptors (Lipinski definition) is 7. The zero-order valence-electron chi connectivity index (χ0n) is 21.7. The average Bonchev–Trinajstić information content (AvgIpc) is 2.80. The van der Waals surface area contributed by atoms with Gasteiger partial charge in [0.05, 0.1) is 24.7 Å². The molecular formula is C24H40N4O6S. The molecule has 0 radical (unpaired) electrons. The number of likely N-dealkylation sites (N-methyl/N-ethyl adjacent to an activating group) is 2. The summed E-state index contributed by atoms with van der Waals surface area (Å²) >= 11 is 0. The normalized spacial score (nSPS) is 15.8. The van der Waals surface area contributed by atoms with Crippen LogP contribution in [0.3, 0.4) is 0 Å². The molecule has 0 aromatic heterocycles. The Balaban J connectivity index is 1.78. The van der Waals surface area contributed by atoms with Crippen molar-refractivity contribution in [1.82, 2.24) is 14.1 Å². The largest absolute Gasteiger partial charge is 0.497 e. The second-order valence-corrected chi connectivity index (χ2v) is 11.3. The SMILES string of the molecule is COc1cc(C)c(S(=O)(=O)N(C)CCOCC(=O)N(C)CC2CCN(C(=O)C(C)N)CC2)c(C)c1. The Morgan fingerprint density at radius 1 is 1.17 bits per heavy atom. The van der Waals surface area contributed by atoms with Crippen LogP contribution in [0, 0.1) is 19.8 Å². The fourth-order valence-corrected chi connectivity index (χ4v) is 5.85. The molecule has 2 N–H and O–H groups in total. The average molecular weight is 513 g/mol. The Kier molecular flexibility index (Phi) is 10.5. The van der Waals surface area contributed by atoms with E-state index in [1.54, 1.807) is 56.9 Å². The fraction of sp³-hybridized carbons (Fsp3) is 0.667. The minimum atomic E-state index is -3.71. The molecule has 1 saturated heterocycles. The van der Waals surface area contributed by atoms with E-state index in [-0.39, 0.29) is 36.5 Å². The van der Waals surface area contributed by atoms with Crippen molar-refractivity contribution in [2.45, 2.75) is 44.6 Å². The summed E-state index contributed by atoms with van der Waals surface area (Å²) in [6.45, 7) is 7.16. The topological polar surface area (TPSA) is 122 Å². The van der Waals surface area contributed by atoms with Crippen molar-refractivity contribution >= 4 is 21.8 Å². The van der Waals surface area contributed by atoms with Crippen LogP contribution in [0.2, 0.25) is 0 Å². The van der Waals surface area contributed by atoms with Crippen LogP contribution in [0.25, 0.3) is 0 Å². The molecule has 1 aliphatic heterocycles. The Labute approximate surface area is 209 Å². The van der Waals surface area contributed by atoms with Crippen molar-refractivity contribution < 1.29 is 27.5 Å². The van der Waals surface area contributed by atoms with Gasteiger partial charge in [0.25, 0.3) is 0 Å². The molecule has 0 saturated carbocycles. The summed E-state index contributed by atoms with van der Waals surface area (Å²) in [5, 5.41) is 0. The van der Waals surface area contributed by atoms with Gasteiger partial charge in [-0.15, -0.1) is 0 Å². The minimum absolute atomic E-state index is 0.0365. The van der Waals surface area contributed by atoms with Gasteiger partial charge >= 0.3 is 0 Å². The number of aryl methyl sites for hydroxylation is 2. The highest BCUT2D eigenvalue weighted by molar-refractivity contribution is 7.89. The third-order valence-corrected chi connectivity index (χ3v) is 8.55. The van der Waals surface area contributed by atoms with Crippen molar-refractivity contribution in [2.24, 2.45) is 11.7 Å². The molecule has 0 spiro atoms. The molecule has 10 nitrogen and oxygen atoms in total. The second-order valence-electron chi connectivity index (χ2n) is 9.30. The molecule has 2 rings (SSSR count). The number of hydrogen-bond donors (Lipinski definition) is 1. The number of benzene rings is 1. The number of carbonyl (C=O) groups excluding carboxylic acids is 2. The van der Waals surface area contributed by atoms with Crippen LogP contribution in [0.4, 0.5) is 0 Å². The first-order valence-electron chi connectivity index (χ1n) is 11.9. The number of amides is 2. The molecular weight excluding hydrogens is 472 g/mol. The van der Waals surface area contributed by atoms with Crippen LogP contribution >= 0.6 is 0 Å². The lowest BCUT2D eigenvalue weighted by atomic mass is 9.96. The number of sulfonamides is 1. The molecule has 198 valence electrons. The number of nitrogens with zero attached hydrogens (tertiary/aromatic N) is 3. The van der Waals surface area contributed by atoms with E-state index < -0.39 is 16.1 Å². The molecule has 0 aliphatic carbocycles. The molecule has 1 aromatic rings. The molecule has 1 fully saturated rings. The summed E-state index contributed by atoms with van der Waals surface area (Å²) in [4.78, 5) is 28.1. The number of carbonyl (C=O) groups is 2. The zero-order valence-corrected chi connectivity index (χ0v) is 22.6. The van der Waals surface area contributed by atoms with Crippen LogP contribution in [-0.4, -0.2) is 101 Å². The lowest BCUT2D eigenvalue weighted by molar-refractivity contribution is -0.137. The van der Waals surface area contributed by atoms with Gasteiger partial charge < -0.3 is 25.0 Å². The Bertz CT molecular complexity index is 967. The van der Waals surface area contributed by atoms with Gasteiger partial charge in [0.1, 0.15) is 12.4 Å². The van der Waals surface area contributed by atoms with Crippen LogP contribution in [0.15, 0.2) is 17.0 Å². The first-order valence-corrected chi connectivity index (χ1v) is 13.3. The Morgan fingerprint density at radius 3 is 2.26 bits per heavy atom. The van der Waals surface area contributed by atoms with Crippen LogP contribution in [0.5, 0.6) is 5.75 Å². The van der Waals surface area contributed by atoms with E-state index in [0.717, 1.165) is 12.8 Å². The van der Waals surface area contributed by atoms with Gasteiger partial charge in [-0.3, -0.25) is 9.59 Å². The fourth-order valence-electron chi connectivity index (χ4n) is 4.29. The van der Waals surface area contributed by atoms with E-state index in [9.17, 15) is 18.0 Å². The van der Waals surface area contributed by atoms with Crippen LogP contribution in [-0.2, 0) is 24.3 Å². The highest BCUT2D eigenvalue weighted by atomic mass is 32.2. The van der Waals surface area contributed by atoms with Gasteiger partial charge in [-0.2, -0.15) is 4.31 Å². The lowest BCUT2D eigenvalue weighted by Gasteiger charge is -2.34. The third kappa shape index (κ3) is 7.63. The van der Waals surface area contributed by atoms with Gasteiger partial charge in [-0.25, -0.2) is 8.42 Å². The molecule has 1 aliphatic rings. The minimum Gasteiger partial charge on any atom is -0.497 e. The van der Waals surface area contributed by atoms with E-state index in [1.807, 2.05) is 0 Å². The first kappa shape index (κ1) is 29.0. The maximum atomic E-state index is 13.1. The predicted octanol–water partition coefficient (Wildman–Crippen LogP) is 0.993. The van der Waals surface area contributed by atoms with Gasteiger partial charge in [0.15, 0.2) is 0 Å². The molecule has 1 atom stereocenters. The maximum Gasteiger partial charge on any atom is 0.248 e.